The number of benzene rings is 17. The molecule has 8 heteroatoms. The van der Waals surface area contributed by atoms with Crippen molar-refractivity contribution in [2.24, 2.45) is 0 Å². The van der Waals surface area contributed by atoms with Gasteiger partial charge in [-0.15, -0.1) is 22.7 Å². The Kier molecular flexibility index (Phi) is 16.9. The molecule has 6 heterocycles. The summed E-state index contributed by atoms with van der Waals surface area (Å²) in [5, 5.41) is 17.1. The normalized spacial score (nSPS) is 11.6. The number of nitrogens with zero attached hydrogens (tertiary/aromatic N) is 6. The molecule has 0 atom stereocenters. The Morgan fingerprint density at radius 1 is 0.172 bits per heavy atom. The minimum absolute atomic E-state index is 0.689. The van der Waals surface area contributed by atoms with E-state index in [0.717, 1.165) is 112 Å². The van der Waals surface area contributed by atoms with Crippen molar-refractivity contribution in [3.63, 3.8) is 0 Å². The highest BCUT2D eigenvalue weighted by atomic mass is 32.1. The Balaban J connectivity index is 0.000000141. The molecule has 0 saturated heterocycles. The Bertz CT molecular complexity index is 7720. The van der Waals surface area contributed by atoms with Gasteiger partial charge in [-0.1, -0.05) is 352 Å². The molecule has 0 N–H and O–H groups in total. The first kappa shape index (κ1) is 68.0. The Labute approximate surface area is 677 Å². The van der Waals surface area contributed by atoms with E-state index in [2.05, 4.69) is 352 Å². The van der Waals surface area contributed by atoms with Gasteiger partial charge in [-0.25, -0.2) is 29.9 Å². The van der Waals surface area contributed by atoms with Crippen LogP contribution in [-0.4, -0.2) is 29.9 Å². The molecule has 0 unspecified atom stereocenters. The quantitative estimate of drug-likeness (QED) is 0.120. The second-order valence-electron chi connectivity index (χ2n) is 29.5. The van der Waals surface area contributed by atoms with Crippen molar-refractivity contribution in [1.82, 2.24) is 29.9 Å². The second-order valence-corrected chi connectivity index (χ2v) is 31.6. The smallest absolute Gasteiger partial charge is 0.160 e. The first-order valence-electron chi connectivity index (χ1n) is 39.1. The van der Waals surface area contributed by atoms with Gasteiger partial charge in [0.1, 0.15) is 0 Å². The van der Waals surface area contributed by atoms with Gasteiger partial charge in [0.2, 0.25) is 0 Å². The highest BCUT2D eigenvalue weighted by molar-refractivity contribution is 7.27. The van der Waals surface area contributed by atoms with Crippen LogP contribution in [0.2, 0.25) is 0 Å². The number of fused-ring (bicyclic) bond motifs is 16. The summed E-state index contributed by atoms with van der Waals surface area (Å²) < 4.78 is 5.07. The molecular weight excluding hydrogens is 1450 g/mol. The van der Waals surface area contributed by atoms with Crippen molar-refractivity contribution in [3.8, 4) is 124 Å². The van der Waals surface area contributed by atoms with Gasteiger partial charge in [0.05, 0.1) is 45.2 Å². The van der Waals surface area contributed by atoms with E-state index >= 15 is 0 Å². The Morgan fingerprint density at radius 2 is 0.448 bits per heavy atom. The van der Waals surface area contributed by atoms with Gasteiger partial charge < -0.3 is 0 Å². The third kappa shape index (κ3) is 12.3. The minimum Gasteiger partial charge on any atom is -0.247 e. The van der Waals surface area contributed by atoms with Crippen LogP contribution in [0.5, 0.6) is 0 Å². The van der Waals surface area contributed by atoms with Crippen LogP contribution in [0.15, 0.2) is 400 Å². The van der Waals surface area contributed by atoms with E-state index in [1.165, 1.54) is 105 Å². The molecule has 23 rings (SSSR count). The summed E-state index contributed by atoms with van der Waals surface area (Å²) in [5.74, 6) is 1.39. The number of thiophene rings is 2. The third-order valence-electron chi connectivity index (χ3n) is 22.6. The molecule has 540 valence electrons. The molecular formula is C108H66N6S2. The average Bonchev–Trinajstić information content (AvgIpc) is 1.56. The molecule has 0 aliphatic heterocycles. The van der Waals surface area contributed by atoms with Crippen LogP contribution in [0, 0.1) is 0 Å². The fraction of sp³-hybridized carbons (Fsp3) is 0. The lowest BCUT2D eigenvalue weighted by Gasteiger charge is -2.14. The first-order valence-corrected chi connectivity index (χ1v) is 40.7. The van der Waals surface area contributed by atoms with Gasteiger partial charge in [-0.05, 0) is 125 Å². The topological polar surface area (TPSA) is 77.3 Å². The number of pyridine rings is 2. The van der Waals surface area contributed by atoms with Crippen LogP contribution in [0.4, 0.5) is 0 Å². The second kappa shape index (κ2) is 28.7. The predicted octanol–water partition coefficient (Wildman–Crippen LogP) is 29.7. The summed E-state index contributed by atoms with van der Waals surface area (Å²) >= 11 is 3.71. The van der Waals surface area contributed by atoms with Crippen molar-refractivity contribution < 1.29 is 0 Å². The predicted molar refractivity (Wildman–Crippen MR) is 490 cm³/mol. The van der Waals surface area contributed by atoms with E-state index < -0.39 is 0 Å². The van der Waals surface area contributed by atoms with Crippen LogP contribution < -0.4 is 0 Å². The van der Waals surface area contributed by atoms with Crippen molar-refractivity contribution >= 4 is 128 Å². The van der Waals surface area contributed by atoms with E-state index in [9.17, 15) is 0 Å². The molecule has 23 aromatic rings. The van der Waals surface area contributed by atoms with Gasteiger partial charge in [0.15, 0.2) is 11.6 Å². The maximum absolute atomic E-state index is 5.59. The molecule has 6 aromatic heterocycles. The molecule has 0 saturated carbocycles. The van der Waals surface area contributed by atoms with Crippen molar-refractivity contribution in [2.45, 2.75) is 0 Å². The number of rotatable bonds is 11. The zero-order valence-electron chi connectivity index (χ0n) is 62.6. The summed E-state index contributed by atoms with van der Waals surface area (Å²) in [6.45, 7) is 0. The van der Waals surface area contributed by atoms with Crippen molar-refractivity contribution in [1.29, 1.82) is 0 Å². The van der Waals surface area contributed by atoms with Gasteiger partial charge in [-0.3, -0.25) is 0 Å². The first-order chi connectivity index (χ1) is 57.5. The van der Waals surface area contributed by atoms with Crippen molar-refractivity contribution in [2.75, 3.05) is 0 Å². The molecule has 0 fully saturated rings. The highest BCUT2D eigenvalue weighted by Gasteiger charge is 2.23. The molecule has 0 radical (unpaired) electrons. The van der Waals surface area contributed by atoms with Crippen LogP contribution in [0.25, 0.3) is 229 Å². The lowest BCUT2D eigenvalue weighted by atomic mass is 9.93. The van der Waals surface area contributed by atoms with E-state index in [-0.39, 0.29) is 0 Å². The standard InChI is InChI=1S/C57H35N3S.C51H31N3S/c1-3-13-36(14-4-1)37-23-27-40(28-24-37)51-35-50(39-15-5-2-6-16-39)59-57(60-51)41-29-25-38(26-30-41)42-31-32-47-52(34-42)58-55(54-48-21-11-12-22-53(48)61-56(47)54)49-33-43-17-7-8-18-44(43)45-19-9-10-20-46(45)49;1-3-13-33(14-4-1)44-31-45(34-15-5-2-6-16-34)54-51(53-44)35-25-23-32(24-26-35)36-27-28-41-46(30-36)52-49(48-42-21-11-12-22-47(42)55-50(41)48)43-29-37-17-7-8-18-38(37)39-19-9-10-20-40(39)43/h1-35H;1-31H. The van der Waals surface area contributed by atoms with Crippen LogP contribution >= 0.6 is 22.7 Å². The highest BCUT2D eigenvalue weighted by Crippen LogP contribution is 2.49. The molecule has 0 aliphatic carbocycles. The zero-order valence-corrected chi connectivity index (χ0v) is 64.2. The molecule has 0 amide bonds. The maximum atomic E-state index is 5.59. The van der Waals surface area contributed by atoms with Gasteiger partial charge in [0.25, 0.3) is 0 Å². The average molecular weight is 1510 g/mol. The number of hydrogen-bond acceptors (Lipinski definition) is 8. The number of hydrogen-bond donors (Lipinski definition) is 0. The van der Waals surface area contributed by atoms with Crippen LogP contribution in [-0.2, 0) is 0 Å². The summed E-state index contributed by atoms with van der Waals surface area (Å²) in [5.41, 5.74) is 22.9. The summed E-state index contributed by atoms with van der Waals surface area (Å²) in [6, 6.07) is 142. The molecule has 17 aromatic carbocycles. The van der Waals surface area contributed by atoms with Crippen molar-refractivity contribution in [3.05, 3.63) is 400 Å². The fourth-order valence-corrected chi connectivity index (χ4v) is 19.3. The summed E-state index contributed by atoms with van der Waals surface area (Å²) in [7, 11) is 0. The molecule has 116 heavy (non-hydrogen) atoms. The SMILES string of the molecule is c1ccc(-c2cc(-c3ccccc3)nc(-c3ccc(-c4ccc5c(c4)nc(-c4cc6ccccc6c6ccccc46)c4c6ccccc6sc54)cc3)n2)cc1.c1ccc(-c2ccc(-c3cc(-c4ccccc4)nc(-c4ccc(-c5ccc6c(c5)nc(-c5cc7ccccc7c7ccccc57)c5c7ccccc7sc65)cc4)n3)cc2)cc1. The molecule has 0 bridgehead atoms. The Hall–Kier alpha value is -14.8. The fourth-order valence-electron chi connectivity index (χ4n) is 16.8. The van der Waals surface area contributed by atoms with Gasteiger partial charge in [0, 0.05) is 95.6 Å². The van der Waals surface area contributed by atoms with E-state index in [4.69, 9.17) is 29.9 Å². The molecule has 0 aliphatic rings. The lowest BCUT2D eigenvalue weighted by molar-refractivity contribution is 1.18. The lowest BCUT2D eigenvalue weighted by Crippen LogP contribution is -1.96. The monoisotopic (exact) mass is 1510 g/mol. The van der Waals surface area contributed by atoms with Crippen LogP contribution in [0.3, 0.4) is 0 Å². The summed E-state index contributed by atoms with van der Waals surface area (Å²) in [4.78, 5) is 31.5. The van der Waals surface area contributed by atoms with E-state index in [0.29, 0.717) is 11.6 Å². The van der Waals surface area contributed by atoms with Crippen LogP contribution in [0.1, 0.15) is 0 Å². The number of aromatic nitrogens is 6. The maximum Gasteiger partial charge on any atom is 0.160 e. The van der Waals surface area contributed by atoms with Gasteiger partial charge in [-0.2, -0.15) is 0 Å². The van der Waals surface area contributed by atoms with E-state index in [1.807, 2.05) is 71.2 Å². The zero-order chi connectivity index (χ0) is 76.6. The molecule has 6 nitrogen and oxygen atoms in total. The third-order valence-corrected chi connectivity index (χ3v) is 25.0. The van der Waals surface area contributed by atoms with E-state index in [1.54, 1.807) is 0 Å². The van der Waals surface area contributed by atoms with Gasteiger partial charge >= 0.3 is 0 Å². The minimum atomic E-state index is 0.689. The Morgan fingerprint density at radius 3 is 0.836 bits per heavy atom. The summed E-state index contributed by atoms with van der Waals surface area (Å²) in [6.07, 6.45) is 0. The largest absolute Gasteiger partial charge is 0.247 e. The molecule has 0 spiro atoms.